The van der Waals surface area contributed by atoms with Crippen LogP contribution in [0, 0.1) is 11.8 Å². The summed E-state index contributed by atoms with van der Waals surface area (Å²) in [5.74, 6) is 8.04. The summed E-state index contributed by atoms with van der Waals surface area (Å²) in [5, 5.41) is 0. The van der Waals surface area contributed by atoms with Crippen LogP contribution in [-0.4, -0.2) is 6.04 Å². The van der Waals surface area contributed by atoms with Crippen LogP contribution in [0.3, 0.4) is 0 Å². The van der Waals surface area contributed by atoms with Crippen molar-refractivity contribution in [2.24, 2.45) is 17.7 Å². The Kier molecular flexibility index (Phi) is 2.26. The minimum absolute atomic E-state index is 0.565. The molecular weight excluding hydrogens is 184 g/mol. The topological polar surface area (TPSA) is 38.0 Å². The predicted octanol–water partition coefficient (Wildman–Crippen LogP) is 2.03. The van der Waals surface area contributed by atoms with Gasteiger partial charge in [0.1, 0.15) is 0 Å². The molecule has 15 heavy (non-hydrogen) atoms. The summed E-state index contributed by atoms with van der Waals surface area (Å²) < 4.78 is 0. The lowest BCUT2D eigenvalue weighted by atomic mass is 10.0. The lowest BCUT2D eigenvalue weighted by molar-refractivity contribution is 0.420. The van der Waals surface area contributed by atoms with Crippen molar-refractivity contribution in [2.75, 3.05) is 0 Å². The number of benzene rings is 1. The van der Waals surface area contributed by atoms with E-state index in [0.717, 1.165) is 17.8 Å². The quantitative estimate of drug-likeness (QED) is 0.579. The molecule has 1 aromatic carbocycles. The SMILES string of the molecule is NNC(C1CC1)C1CC1c1ccccc1. The van der Waals surface area contributed by atoms with Crippen molar-refractivity contribution in [3.05, 3.63) is 35.9 Å². The van der Waals surface area contributed by atoms with E-state index < -0.39 is 0 Å². The third kappa shape index (κ3) is 1.80. The van der Waals surface area contributed by atoms with Gasteiger partial charge in [-0.2, -0.15) is 0 Å². The Balaban J connectivity index is 1.68. The first-order chi connectivity index (χ1) is 7.40. The van der Waals surface area contributed by atoms with Gasteiger partial charge in [-0.05, 0) is 42.6 Å². The molecule has 0 radical (unpaired) electrons. The Morgan fingerprint density at radius 2 is 1.93 bits per heavy atom. The first kappa shape index (κ1) is 9.37. The van der Waals surface area contributed by atoms with Gasteiger partial charge in [-0.25, -0.2) is 0 Å². The largest absolute Gasteiger partial charge is 0.271 e. The van der Waals surface area contributed by atoms with Crippen LogP contribution in [-0.2, 0) is 0 Å². The molecule has 3 atom stereocenters. The van der Waals surface area contributed by atoms with Crippen molar-refractivity contribution in [1.82, 2.24) is 5.43 Å². The molecule has 2 aliphatic rings. The molecule has 2 nitrogen and oxygen atoms in total. The highest BCUT2D eigenvalue weighted by molar-refractivity contribution is 5.27. The van der Waals surface area contributed by atoms with E-state index in [2.05, 4.69) is 35.8 Å². The molecule has 80 valence electrons. The van der Waals surface area contributed by atoms with E-state index >= 15 is 0 Å². The fourth-order valence-corrected chi connectivity index (χ4v) is 2.76. The highest BCUT2D eigenvalue weighted by Crippen LogP contribution is 2.53. The van der Waals surface area contributed by atoms with Crippen molar-refractivity contribution in [3.8, 4) is 0 Å². The van der Waals surface area contributed by atoms with Crippen LogP contribution in [0.5, 0.6) is 0 Å². The Labute approximate surface area is 90.8 Å². The van der Waals surface area contributed by atoms with Gasteiger partial charge in [0.05, 0.1) is 0 Å². The summed E-state index contributed by atoms with van der Waals surface area (Å²) >= 11 is 0. The molecule has 0 aliphatic heterocycles. The number of hydrogen-bond donors (Lipinski definition) is 2. The lowest BCUT2D eigenvalue weighted by Crippen LogP contribution is -2.38. The average Bonchev–Trinajstić information content (AvgIpc) is 3.14. The van der Waals surface area contributed by atoms with E-state index in [0.29, 0.717) is 6.04 Å². The normalized spacial score (nSPS) is 31.3. The molecule has 2 heteroatoms. The molecular formula is C13H18N2. The summed E-state index contributed by atoms with van der Waals surface area (Å²) in [6.45, 7) is 0. The third-order valence-electron chi connectivity index (χ3n) is 3.85. The Morgan fingerprint density at radius 1 is 1.20 bits per heavy atom. The first-order valence-electron chi connectivity index (χ1n) is 5.91. The van der Waals surface area contributed by atoms with Gasteiger partial charge in [-0.3, -0.25) is 11.3 Å². The van der Waals surface area contributed by atoms with Crippen molar-refractivity contribution in [1.29, 1.82) is 0 Å². The zero-order valence-corrected chi connectivity index (χ0v) is 8.89. The minimum atomic E-state index is 0.565. The molecule has 0 spiro atoms. The Bertz CT molecular complexity index is 332. The van der Waals surface area contributed by atoms with Crippen LogP contribution >= 0.6 is 0 Å². The van der Waals surface area contributed by atoms with Gasteiger partial charge < -0.3 is 0 Å². The Hall–Kier alpha value is -0.860. The smallest absolute Gasteiger partial charge is 0.0273 e. The van der Waals surface area contributed by atoms with Gasteiger partial charge in [0.25, 0.3) is 0 Å². The lowest BCUT2D eigenvalue weighted by Gasteiger charge is -2.14. The molecule has 1 aromatic rings. The van der Waals surface area contributed by atoms with Crippen LogP contribution in [0.25, 0.3) is 0 Å². The molecule has 0 bridgehead atoms. The standard InChI is InChI=1S/C13H18N2/c14-15-13(10-6-7-10)12-8-11(12)9-4-2-1-3-5-9/h1-5,10-13,15H,6-8,14H2. The van der Waals surface area contributed by atoms with Crippen molar-refractivity contribution in [2.45, 2.75) is 31.2 Å². The fraction of sp³-hybridized carbons (Fsp3) is 0.538. The van der Waals surface area contributed by atoms with Gasteiger partial charge in [0, 0.05) is 6.04 Å². The molecule has 0 saturated heterocycles. The number of hydrazine groups is 1. The second-order valence-electron chi connectivity index (χ2n) is 4.95. The van der Waals surface area contributed by atoms with E-state index in [1.165, 1.54) is 24.8 Å². The molecule has 0 aromatic heterocycles. The molecule has 2 fully saturated rings. The van der Waals surface area contributed by atoms with Crippen LogP contribution in [0.1, 0.15) is 30.7 Å². The van der Waals surface area contributed by atoms with Crippen LogP contribution < -0.4 is 11.3 Å². The highest BCUT2D eigenvalue weighted by Gasteiger charge is 2.48. The number of rotatable bonds is 4. The van der Waals surface area contributed by atoms with Gasteiger partial charge in [-0.15, -0.1) is 0 Å². The number of nitrogens with two attached hydrogens (primary N) is 1. The van der Waals surface area contributed by atoms with Gasteiger partial charge >= 0.3 is 0 Å². The highest BCUT2D eigenvalue weighted by atomic mass is 15.2. The van der Waals surface area contributed by atoms with Crippen LogP contribution in [0.4, 0.5) is 0 Å². The molecule has 2 aliphatic carbocycles. The second kappa shape index (κ2) is 3.62. The van der Waals surface area contributed by atoms with E-state index in [1.807, 2.05) is 0 Å². The molecule has 0 heterocycles. The van der Waals surface area contributed by atoms with Gasteiger partial charge in [0.2, 0.25) is 0 Å². The first-order valence-corrected chi connectivity index (χ1v) is 5.91. The van der Waals surface area contributed by atoms with Crippen molar-refractivity contribution >= 4 is 0 Å². The van der Waals surface area contributed by atoms with Crippen molar-refractivity contribution < 1.29 is 0 Å². The summed E-state index contributed by atoms with van der Waals surface area (Å²) in [7, 11) is 0. The maximum Gasteiger partial charge on any atom is 0.0273 e. The zero-order valence-electron chi connectivity index (χ0n) is 8.89. The number of hydrogen-bond acceptors (Lipinski definition) is 2. The van der Waals surface area contributed by atoms with E-state index in [9.17, 15) is 0 Å². The summed E-state index contributed by atoms with van der Waals surface area (Å²) in [6.07, 6.45) is 4.05. The predicted molar refractivity (Wildman–Crippen MR) is 61.1 cm³/mol. The molecule has 3 rings (SSSR count). The average molecular weight is 202 g/mol. The minimum Gasteiger partial charge on any atom is -0.271 e. The molecule has 3 unspecified atom stereocenters. The summed E-state index contributed by atoms with van der Waals surface area (Å²) in [5.41, 5.74) is 4.51. The summed E-state index contributed by atoms with van der Waals surface area (Å²) in [6, 6.07) is 11.4. The van der Waals surface area contributed by atoms with Crippen LogP contribution in [0.15, 0.2) is 30.3 Å². The third-order valence-corrected chi connectivity index (χ3v) is 3.85. The maximum absolute atomic E-state index is 5.64. The van der Waals surface area contributed by atoms with Crippen molar-refractivity contribution in [3.63, 3.8) is 0 Å². The van der Waals surface area contributed by atoms with E-state index in [4.69, 9.17) is 5.84 Å². The van der Waals surface area contributed by atoms with E-state index in [-0.39, 0.29) is 0 Å². The monoisotopic (exact) mass is 202 g/mol. The maximum atomic E-state index is 5.64. The summed E-state index contributed by atoms with van der Waals surface area (Å²) in [4.78, 5) is 0. The molecule has 2 saturated carbocycles. The number of nitrogens with one attached hydrogen (secondary N) is 1. The van der Waals surface area contributed by atoms with Gasteiger partial charge in [0.15, 0.2) is 0 Å². The Morgan fingerprint density at radius 3 is 2.53 bits per heavy atom. The van der Waals surface area contributed by atoms with Crippen LogP contribution in [0.2, 0.25) is 0 Å². The second-order valence-corrected chi connectivity index (χ2v) is 4.95. The fourth-order valence-electron chi connectivity index (χ4n) is 2.76. The zero-order chi connectivity index (χ0) is 10.3. The molecule has 3 N–H and O–H groups in total. The van der Waals surface area contributed by atoms with Gasteiger partial charge in [-0.1, -0.05) is 30.3 Å². The van der Waals surface area contributed by atoms with E-state index in [1.54, 1.807) is 0 Å². The molecule has 0 amide bonds.